The van der Waals surface area contributed by atoms with Crippen molar-refractivity contribution >= 4 is 53.0 Å². The zero-order chi connectivity index (χ0) is 16.4. The molecule has 1 rings (SSSR count). The van der Waals surface area contributed by atoms with Crippen molar-refractivity contribution < 1.29 is 3.07 Å². The summed E-state index contributed by atoms with van der Waals surface area (Å²) in [6.45, 7) is 6.88. The quantitative estimate of drug-likeness (QED) is 0.206. The van der Waals surface area contributed by atoms with Gasteiger partial charge >= 0.3 is 161 Å². The molecule has 1 aromatic rings. The zero-order valence-corrected chi connectivity index (χ0v) is 20.0. The number of hydrogen-bond donors (Lipinski definition) is 0. The molecular formula is C18H30ClIOSn. The van der Waals surface area contributed by atoms with Gasteiger partial charge in [-0.1, -0.05) is 0 Å². The van der Waals surface area contributed by atoms with Gasteiger partial charge in [-0.15, -0.1) is 0 Å². The van der Waals surface area contributed by atoms with Gasteiger partial charge in [0.15, 0.2) is 0 Å². The molecule has 0 aliphatic rings. The molecule has 0 saturated carbocycles. The normalized spacial score (nSPS) is 11.7. The van der Waals surface area contributed by atoms with E-state index in [-0.39, 0.29) is 0 Å². The van der Waals surface area contributed by atoms with Gasteiger partial charge in [0.1, 0.15) is 0 Å². The number of rotatable bonds is 11. The molecule has 1 nitrogen and oxygen atoms in total. The van der Waals surface area contributed by atoms with Crippen LogP contribution in [0.1, 0.15) is 59.3 Å². The molecule has 0 fully saturated rings. The van der Waals surface area contributed by atoms with Gasteiger partial charge in [-0.2, -0.15) is 0 Å². The first kappa shape index (κ1) is 20.9. The van der Waals surface area contributed by atoms with Crippen LogP contribution in [0, 0.1) is 3.57 Å². The third-order valence-corrected chi connectivity index (χ3v) is 17.9. The Morgan fingerprint density at radius 1 is 0.955 bits per heavy atom. The van der Waals surface area contributed by atoms with Crippen LogP contribution in [0.3, 0.4) is 0 Å². The van der Waals surface area contributed by atoms with E-state index in [4.69, 9.17) is 14.7 Å². The SMILES string of the molecule is CCC[CH2][Sn]([CH2]CCC)([CH2]CCC)[O]c1ccc(Cl)cc1I. The van der Waals surface area contributed by atoms with E-state index in [0.717, 1.165) is 14.3 Å². The summed E-state index contributed by atoms with van der Waals surface area (Å²) in [5.41, 5.74) is 0. The van der Waals surface area contributed by atoms with Crippen molar-refractivity contribution in [1.82, 2.24) is 0 Å². The molecule has 0 amide bonds. The summed E-state index contributed by atoms with van der Waals surface area (Å²) < 4.78 is 12.1. The second kappa shape index (κ2) is 11.4. The van der Waals surface area contributed by atoms with E-state index in [1.165, 1.54) is 51.8 Å². The van der Waals surface area contributed by atoms with Crippen molar-refractivity contribution in [2.75, 3.05) is 0 Å². The molecule has 0 atom stereocenters. The van der Waals surface area contributed by atoms with Crippen molar-refractivity contribution in [2.45, 2.75) is 72.6 Å². The maximum absolute atomic E-state index is 6.84. The van der Waals surface area contributed by atoms with Crippen LogP contribution in [0.2, 0.25) is 18.3 Å². The fraction of sp³-hybridized carbons (Fsp3) is 0.667. The summed E-state index contributed by atoms with van der Waals surface area (Å²) in [6, 6.07) is 6.07. The fourth-order valence-corrected chi connectivity index (χ4v) is 17.8. The molecule has 4 heteroatoms. The first-order valence-electron chi connectivity index (χ1n) is 8.71. The molecular weight excluding hydrogens is 513 g/mol. The minimum absolute atomic E-state index is 0.799. The van der Waals surface area contributed by atoms with E-state index in [9.17, 15) is 0 Å². The van der Waals surface area contributed by atoms with E-state index < -0.39 is 18.8 Å². The maximum atomic E-state index is 6.84. The standard InChI is InChI=1S/C6H4ClIO.3C4H9.Sn/c7-4-1-2-6(9)5(8)3-4;3*1-3-4-2;/h1-3,9H;3*1,3-4H2,2H3;/q;;;;+1/p-1. The summed E-state index contributed by atoms with van der Waals surface area (Å²) in [6.07, 6.45) is 7.81. The van der Waals surface area contributed by atoms with Gasteiger partial charge in [-0.05, 0) is 0 Å². The monoisotopic (exact) mass is 544 g/mol. The van der Waals surface area contributed by atoms with Gasteiger partial charge < -0.3 is 0 Å². The second-order valence-corrected chi connectivity index (χ2v) is 19.4. The molecule has 22 heavy (non-hydrogen) atoms. The van der Waals surface area contributed by atoms with Crippen molar-refractivity contribution in [2.24, 2.45) is 0 Å². The average molecular weight is 544 g/mol. The molecule has 0 aromatic heterocycles. The predicted octanol–water partition coefficient (Wildman–Crippen LogP) is 7.67. The average Bonchev–Trinajstić information content (AvgIpc) is 2.51. The molecule has 0 aliphatic heterocycles. The van der Waals surface area contributed by atoms with Crippen molar-refractivity contribution in [1.29, 1.82) is 0 Å². The van der Waals surface area contributed by atoms with E-state index in [1.807, 2.05) is 12.1 Å². The molecule has 0 saturated heterocycles. The Balaban J connectivity index is 2.97. The summed E-state index contributed by atoms with van der Waals surface area (Å²) in [5.74, 6) is 1.09. The van der Waals surface area contributed by atoms with E-state index >= 15 is 0 Å². The third-order valence-electron chi connectivity index (χ3n) is 4.18. The number of halogens is 2. The first-order chi connectivity index (χ1) is 10.6. The molecule has 0 aliphatic carbocycles. The summed E-state index contributed by atoms with van der Waals surface area (Å²) in [7, 11) is 0. The van der Waals surface area contributed by atoms with Gasteiger partial charge in [0, 0.05) is 0 Å². The number of benzene rings is 1. The molecule has 0 unspecified atom stereocenters. The first-order valence-corrected chi connectivity index (χ1v) is 17.4. The number of unbranched alkanes of at least 4 members (excludes halogenated alkanes) is 3. The Morgan fingerprint density at radius 3 is 1.86 bits per heavy atom. The van der Waals surface area contributed by atoms with Crippen LogP contribution in [-0.2, 0) is 0 Å². The number of hydrogen-bond acceptors (Lipinski definition) is 1. The fourth-order valence-electron chi connectivity index (χ4n) is 2.82. The Hall–Kier alpha value is 0.839. The van der Waals surface area contributed by atoms with Crippen LogP contribution < -0.4 is 3.07 Å². The molecule has 0 spiro atoms. The van der Waals surface area contributed by atoms with Crippen molar-refractivity contribution in [3.8, 4) is 5.75 Å². The van der Waals surface area contributed by atoms with Crippen LogP contribution in [-0.4, -0.2) is 18.8 Å². The molecule has 0 bridgehead atoms. The molecule has 1 aromatic carbocycles. The van der Waals surface area contributed by atoms with Crippen LogP contribution in [0.15, 0.2) is 18.2 Å². The Bertz CT molecular complexity index is 417. The molecule has 0 heterocycles. The molecule has 0 N–H and O–H groups in total. The van der Waals surface area contributed by atoms with Crippen molar-refractivity contribution in [3.63, 3.8) is 0 Å². The van der Waals surface area contributed by atoms with Gasteiger partial charge in [0.2, 0.25) is 0 Å². The van der Waals surface area contributed by atoms with E-state index in [1.54, 1.807) is 0 Å². The topological polar surface area (TPSA) is 9.23 Å². The van der Waals surface area contributed by atoms with Crippen LogP contribution in [0.4, 0.5) is 0 Å². The molecule has 0 radical (unpaired) electrons. The predicted molar refractivity (Wildman–Crippen MR) is 110 cm³/mol. The third kappa shape index (κ3) is 7.16. The van der Waals surface area contributed by atoms with Crippen LogP contribution in [0.5, 0.6) is 5.75 Å². The zero-order valence-electron chi connectivity index (χ0n) is 14.3. The van der Waals surface area contributed by atoms with E-state index in [0.29, 0.717) is 0 Å². The van der Waals surface area contributed by atoms with Gasteiger partial charge in [-0.25, -0.2) is 0 Å². The minimum atomic E-state index is -2.56. The summed E-state index contributed by atoms with van der Waals surface area (Å²) >= 11 is 5.90. The van der Waals surface area contributed by atoms with Crippen molar-refractivity contribution in [3.05, 3.63) is 26.8 Å². The van der Waals surface area contributed by atoms with Gasteiger partial charge in [0.25, 0.3) is 0 Å². The van der Waals surface area contributed by atoms with Gasteiger partial charge in [0.05, 0.1) is 0 Å². The second-order valence-electron chi connectivity index (χ2n) is 6.17. The Kier molecular flexibility index (Phi) is 10.8. The van der Waals surface area contributed by atoms with Crippen LogP contribution in [0.25, 0.3) is 0 Å². The summed E-state index contributed by atoms with van der Waals surface area (Å²) in [4.78, 5) is 0. The Morgan fingerprint density at radius 2 is 1.45 bits per heavy atom. The van der Waals surface area contributed by atoms with Gasteiger partial charge in [-0.3, -0.25) is 0 Å². The Labute approximate surface area is 160 Å². The summed E-state index contributed by atoms with van der Waals surface area (Å²) in [5, 5.41) is 0.799. The molecule has 126 valence electrons. The van der Waals surface area contributed by atoms with Crippen LogP contribution >= 0.6 is 34.2 Å². The van der Waals surface area contributed by atoms with E-state index in [2.05, 4.69) is 49.4 Å².